The fourth-order valence-corrected chi connectivity index (χ4v) is 5.07. The lowest BCUT2D eigenvalue weighted by molar-refractivity contribution is -0.132. The van der Waals surface area contributed by atoms with Crippen LogP contribution in [0.1, 0.15) is 29.8 Å². The quantitative estimate of drug-likeness (QED) is 0.729. The standard InChI is InChI=1S/C22H24N4O4S/c1-15(23-21-19-5-3-4-6-20(19)31(29,30)24-21)22(28)26-13-11-25(12-14-26)18-9-7-17(8-10-18)16(2)27/h3-10,15H,11-14H2,1-2H3,(H,23,24)/t15-/m0/s1. The average Bonchev–Trinajstić information content (AvgIpc) is 3.03. The molecule has 2 aliphatic rings. The largest absolute Gasteiger partial charge is 0.368 e. The number of ketones is 1. The molecule has 0 bridgehead atoms. The number of sulfonamides is 1. The van der Waals surface area contributed by atoms with Gasteiger partial charge in [-0.05, 0) is 50.2 Å². The van der Waals surface area contributed by atoms with Gasteiger partial charge in [-0.1, -0.05) is 12.1 Å². The second-order valence-electron chi connectivity index (χ2n) is 7.67. The van der Waals surface area contributed by atoms with E-state index in [0.29, 0.717) is 37.3 Å². The number of Topliss-reactive ketones (excluding diaryl/α,β-unsaturated/α-hetero) is 1. The lowest BCUT2D eigenvalue weighted by Crippen LogP contribution is -2.51. The molecule has 1 amide bonds. The monoisotopic (exact) mass is 440 g/mol. The van der Waals surface area contributed by atoms with E-state index in [2.05, 4.69) is 14.6 Å². The summed E-state index contributed by atoms with van der Waals surface area (Å²) in [5, 5.41) is 0. The van der Waals surface area contributed by atoms with Crippen LogP contribution in [0, 0.1) is 0 Å². The van der Waals surface area contributed by atoms with E-state index in [1.165, 1.54) is 6.07 Å². The summed E-state index contributed by atoms with van der Waals surface area (Å²) in [5.74, 6) is 0.105. The predicted octanol–water partition coefficient (Wildman–Crippen LogP) is 1.66. The highest BCUT2D eigenvalue weighted by molar-refractivity contribution is 7.90. The van der Waals surface area contributed by atoms with Crippen LogP contribution in [-0.2, 0) is 14.8 Å². The molecule has 2 aliphatic heterocycles. The smallest absolute Gasteiger partial charge is 0.263 e. The predicted molar refractivity (Wildman–Crippen MR) is 118 cm³/mol. The van der Waals surface area contributed by atoms with Crippen molar-refractivity contribution in [3.05, 3.63) is 59.7 Å². The molecule has 0 saturated carbocycles. The van der Waals surface area contributed by atoms with Gasteiger partial charge in [-0.3, -0.25) is 19.3 Å². The van der Waals surface area contributed by atoms with Crippen LogP contribution in [0.2, 0.25) is 0 Å². The Hall–Kier alpha value is -3.20. The molecule has 0 aromatic heterocycles. The van der Waals surface area contributed by atoms with Crippen molar-refractivity contribution in [1.82, 2.24) is 9.62 Å². The van der Waals surface area contributed by atoms with Crippen molar-refractivity contribution in [1.29, 1.82) is 0 Å². The summed E-state index contributed by atoms with van der Waals surface area (Å²) < 4.78 is 26.9. The van der Waals surface area contributed by atoms with Crippen LogP contribution >= 0.6 is 0 Å². The molecule has 1 N–H and O–H groups in total. The first-order valence-electron chi connectivity index (χ1n) is 10.1. The van der Waals surface area contributed by atoms with Crippen LogP contribution in [-0.4, -0.2) is 63.1 Å². The van der Waals surface area contributed by atoms with E-state index in [1.807, 2.05) is 24.3 Å². The highest BCUT2D eigenvalue weighted by Gasteiger charge is 2.32. The summed E-state index contributed by atoms with van der Waals surface area (Å²) in [6.07, 6.45) is 0. The van der Waals surface area contributed by atoms with Crippen molar-refractivity contribution in [3.8, 4) is 0 Å². The Kier molecular flexibility index (Phi) is 5.53. The molecule has 1 fully saturated rings. The summed E-state index contributed by atoms with van der Waals surface area (Å²) in [6, 6.07) is 13.4. The lowest BCUT2D eigenvalue weighted by Gasteiger charge is -2.36. The summed E-state index contributed by atoms with van der Waals surface area (Å²) in [5.41, 5.74) is 2.18. The number of hydrogen-bond donors (Lipinski definition) is 1. The van der Waals surface area contributed by atoms with Crippen molar-refractivity contribution in [2.75, 3.05) is 31.1 Å². The first-order chi connectivity index (χ1) is 14.8. The number of fused-ring (bicyclic) bond motifs is 1. The average molecular weight is 441 g/mol. The second-order valence-corrected chi connectivity index (χ2v) is 9.32. The Morgan fingerprint density at radius 3 is 2.29 bits per heavy atom. The van der Waals surface area contributed by atoms with Gasteiger partial charge in [0.2, 0.25) is 5.91 Å². The zero-order valence-corrected chi connectivity index (χ0v) is 18.2. The van der Waals surface area contributed by atoms with Gasteiger partial charge in [0.25, 0.3) is 10.0 Å². The van der Waals surface area contributed by atoms with Gasteiger partial charge in [-0.15, -0.1) is 0 Å². The number of carbonyl (C=O) groups excluding carboxylic acids is 2. The van der Waals surface area contributed by atoms with Gasteiger partial charge >= 0.3 is 0 Å². The molecule has 0 spiro atoms. The van der Waals surface area contributed by atoms with Gasteiger partial charge in [-0.2, -0.15) is 0 Å². The van der Waals surface area contributed by atoms with Gasteiger partial charge in [0.15, 0.2) is 5.78 Å². The van der Waals surface area contributed by atoms with E-state index in [-0.39, 0.29) is 22.4 Å². The van der Waals surface area contributed by atoms with Crippen molar-refractivity contribution >= 4 is 33.2 Å². The first-order valence-corrected chi connectivity index (χ1v) is 11.6. The second kappa shape index (κ2) is 8.14. The number of amides is 1. The molecule has 0 radical (unpaired) electrons. The number of rotatable bonds is 4. The fourth-order valence-electron chi connectivity index (χ4n) is 3.83. The number of amidine groups is 1. The molecule has 0 unspecified atom stereocenters. The van der Waals surface area contributed by atoms with Crippen LogP contribution < -0.4 is 9.62 Å². The van der Waals surface area contributed by atoms with Crippen molar-refractivity contribution in [2.45, 2.75) is 24.8 Å². The molecule has 1 saturated heterocycles. The molecule has 31 heavy (non-hydrogen) atoms. The van der Waals surface area contributed by atoms with Crippen molar-refractivity contribution in [2.24, 2.45) is 4.99 Å². The maximum absolute atomic E-state index is 12.9. The summed E-state index contributed by atoms with van der Waals surface area (Å²) in [6.45, 7) is 5.65. The van der Waals surface area contributed by atoms with Gasteiger partial charge in [0.05, 0.1) is 4.90 Å². The van der Waals surface area contributed by atoms with Crippen LogP contribution in [0.15, 0.2) is 58.4 Å². The molecule has 162 valence electrons. The first kappa shape index (κ1) is 21.0. The van der Waals surface area contributed by atoms with Gasteiger partial charge in [-0.25, -0.2) is 8.42 Å². The molecular weight excluding hydrogens is 416 g/mol. The highest BCUT2D eigenvalue weighted by atomic mass is 32.2. The highest BCUT2D eigenvalue weighted by Crippen LogP contribution is 2.23. The molecule has 1 atom stereocenters. The minimum atomic E-state index is -3.63. The van der Waals surface area contributed by atoms with Crippen LogP contribution in [0.25, 0.3) is 0 Å². The van der Waals surface area contributed by atoms with E-state index in [0.717, 1.165) is 5.69 Å². The Morgan fingerprint density at radius 1 is 1.00 bits per heavy atom. The Morgan fingerprint density at radius 2 is 1.65 bits per heavy atom. The van der Waals surface area contributed by atoms with Crippen molar-refractivity contribution < 1.29 is 18.0 Å². The normalized spacial score (nSPS) is 19.6. The zero-order chi connectivity index (χ0) is 22.2. The molecule has 2 aromatic rings. The Bertz CT molecular complexity index is 1150. The maximum atomic E-state index is 12.9. The number of aliphatic imine (C=N–C) groups is 1. The van der Waals surface area contributed by atoms with E-state index in [1.54, 1.807) is 36.9 Å². The summed E-state index contributed by atoms with van der Waals surface area (Å²) in [4.78, 5) is 32.8. The summed E-state index contributed by atoms with van der Waals surface area (Å²) in [7, 11) is -3.63. The SMILES string of the molecule is CC(=O)c1ccc(N2CCN(C(=O)[C@H](C)N=C3NS(=O)(=O)c4ccccc43)CC2)cc1. The minimum absolute atomic E-state index is 0.0322. The number of piperazine rings is 1. The van der Waals surface area contributed by atoms with E-state index >= 15 is 0 Å². The third-order valence-electron chi connectivity index (χ3n) is 5.57. The Labute approximate surface area is 181 Å². The topological polar surface area (TPSA) is 99.2 Å². The Balaban J connectivity index is 1.41. The van der Waals surface area contributed by atoms with Gasteiger partial charge < -0.3 is 9.80 Å². The van der Waals surface area contributed by atoms with E-state index in [9.17, 15) is 18.0 Å². The molecule has 2 aromatic carbocycles. The third-order valence-corrected chi connectivity index (χ3v) is 6.97. The lowest BCUT2D eigenvalue weighted by atomic mass is 10.1. The summed E-state index contributed by atoms with van der Waals surface area (Å²) >= 11 is 0. The molecule has 8 nitrogen and oxygen atoms in total. The molecule has 0 aliphatic carbocycles. The van der Waals surface area contributed by atoms with E-state index < -0.39 is 16.1 Å². The van der Waals surface area contributed by atoms with Gasteiger partial charge in [0, 0.05) is 43.0 Å². The zero-order valence-electron chi connectivity index (χ0n) is 17.4. The number of benzene rings is 2. The molecule has 2 heterocycles. The number of anilines is 1. The molecular formula is C22H24N4O4S. The molecule has 4 rings (SSSR count). The van der Waals surface area contributed by atoms with Crippen LogP contribution in [0.3, 0.4) is 0 Å². The van der Waals surface area contributed by atoms with Crippen LogP contribution in [0.5, 0.6) is 0 Å². The van der Waals surface area contributed by atoms with Crippen LogP contribution in [0.4, 0.5) is 5.69 Å². The fraction of sp³-hybridized carbons (Fsp3) is 0.318. The van der Waals surface area contributed by atoms with E-state index in [4.69, 9.17) is 0 Å². The minimum Gasteiger partial charge on any atom is -0.368 e. The maximum Gasteiger partial charge on any atom is 0.263 e. The number of nitrogens with one attached hydrogen (secondary N) is 1. The number of hydrogen-bond acceptors (Lipinski definition) is 6. The van der Waals surface area contributed by atoms with Crippen molar-refractivity contribution in [3.63, 3.8) is 0 Å². The number of nitrogens with zero attached hydrogens (tertiary/aromatic N) is 3. The number of carbonyl (C=O) groups is 2. The third kappa shape index (κ3) is 4.18. The molecule has 9 heteroatoms. The van der Waals surface area contributed by atoms with Gasteiger partial charge in [0.1, 0.15) is 11.9 Å².